The van der Waals surface area contributed by atoms with Crippen LogP contribution in [0.3, 0.4) is 0 Å². The molecule has 0 aromatic carbocycles. The van der Waals surface area contributed by atoms with Crippen LogP contribution in [0.1, 0.15) is 6.42 Å². The fraction of sp³-hybridized carbons (Fsp3) is 1.00. The molecule has 3 heteroatoms. The average Bonchev–Trinajstić information content (AvgIpc) is 1.69. The summed E-state index contributed by atoms with van der Waals surface area (Å²) in [5, 5.41) is 0. The fourth-order valence-corrected chi connectivity index (χ4v) is 2.39. The van der Waals surface area contributed by atoms with E-state index in [-0.39, 0.29) is 9.52 Å². The number of thiol groups is 1. The summed E-state index contributed by atoms with van der Waals surface area (Å²) in [6.07, 6.45) is 1.27. The van der Waals surface area contributed by atoms with Gasteiger partial charge in [0.2, 0.25) is 0 Å². The summed E-state index contributed by atoms with van der Waals surface area (Å²) in [6, 6.07) is 1.37. The number of hydrogen-bond donors (Lipinski definition) is 1. The maximum absolute atomic E-state index is 5.47. The predicted octanol–water partition coefficient (Wildman–Crippen LogP) is 1.09. The maximum Gasteiger partial charge on any atom is 0.0379 e. The lowest BCUT2D eigenvalue weighted by Gasteiger charge is -1.88. The predicted molar refractivity (Wildman–Crippen MR) is 42.5 cm³/mol. The molecule has 44 valence electrons. The standard InChI is InChI=1S/C4H11ClSSi/c5-4-7-3-1-2-6/h6H,1-4,7H2. The third-order valence-corrected chi connectivity index (χ3v) is 3.18. The smallest absolute Gasteiger partial charge is 0.0379 e. The molecular weight excluding hydrogens is 144 g/mol. The van der Waals surface area contributed by atoms with Gasteiger partial charge in [-0.3, -0.25) is 0 Å². The van der Waals surface area contributed by atoms with Crippen LogP contribution in [0.5, 0.6) is 0 Å². The molecule has 0 aliphatic rings. The highest BCUT2D eigenvalue weighted by molar-refractivity contribution is 7.80. The number of rotatable bonds is 4. The summed E-state index contributed by atoms with van der Waals surface area (Å²) in [6.45, 7) is 0. The van der Waals surface area contributed by atoms with Gasteiger partial charge >= 0.3 is 0 Å². The minimum absolute atomic E-state index is 0.127. The van der Waals surface area contributed by atoms with Crippen LogP contribution in [-0.2, 0) is 0 Å². The third kappa shape index (κ3) is 6.86. The molecule has 0 fully saturated rings. The zero-order valence-corrected chi connectivity index (χ0v) is 7.43. The first-order valence-electron chi connectivity index (χ1n) is 2.58. The second-order valence-corrected chi connectivity index (χ2v) is 4.85. The zero-order valence-electron chi connectivity index (χ0n) is 4.36. The lowest BCUT2D eigenvalue weighted by atomic mass is 10.6. The average molecular weight is 155 g/mol. The first-order valence-corrected chi connectivity index (χ1v) is 5.75. The lowest BCUT2D eigenvalue weighted by Crippen LogP contribution is -1.90. The molecule has 0 aliphatic heterocycles. The first kappa shape index (κ1) is 7.86. The van der Waals surface area contributed by atoms with Crippen LogP contribution in [-0.4, -0.2) is 20.8 Å². The quantitative estimate of drug-likeness (QED) is 0.267. The summed E-state index contributed by atoms with van der Waals surface area (Å²) < 4.78 is 0. The van der Waals surface area contributed by atoms with Crippen molar-refractivity contribution in [2.24, 2.45) is 0 Å². The van der Waals surface area contributed by atoms with Crippen molar-refractivity contribution in [3.05, 3.63) is 0 Å². The van der Waals surface area contributed by atoms with E-state index >= 15 is 0 Å². The molecular formula is C4H11ClSSi. The van der Waals surface area contributed by atoms with Gasteiger partial charge in [0.05, 0.1) is 0 Å². The highest BCUT2D eigenvalue weighted by Gasteiger charge is 1.82. The molecule has 0 rings (SSSR count). The Morgan fingerprint density at radius 2 is 2.29 bits per heavy atom. The van der Waals surface area contributed by atoms with Gasteiger partial charge in [-0.15, -0.1) is 11.6 Å². The highest BCUT2D eigenvalue weighted by Crippen LogP contribution is 1.90. The number of alkyl halides is 1. The van der Waals surface area contributed by atoms with Crippen LogP contribution in [0.2, 0.25) is 6.04 Å². The topological polar surface area (TPSA) is 0 Å². The Kier molecular flexibility index (Phi) is 7.70. The van der Waals surface area contributed by atoms with Crippen LogP contribution < -0.4 is 0 Å². The van der Waals surface area contributed by atoms with Gasteiger partial charge < -0.3 is 0 Å². The van der Waals surface area contributed by atoms with Crippen LogP contribution in [0, 0.1) is 0 Å². The van der Waals surface area contributed by atoms with Gasteiger partial charge in [-0.25, -0.2) is 0 Å². The van der Waals surface area contributed by atoms with Crippen LogP contribution in [0.25, 0.3) is 0 Å². The van der Waals surface area contributed by atoms with Crippen molar-refractivity contribution in [2.45, 2.75) is 12.5 Å². The van der Waals surface area contributed by atoms with E-state index in [1.165, 1.54) is 12.5 Å². The summed E-state index contributed by atoms with van der Waals surface area (Å²) in [5.41, 5.74) is 0.938. The molecule has 0 unspecified atom stereocenters. The molecule has 0 nitrogen and oxygen atoms in total. The van der Waals surface area contributed by atoms with Gasteiger partial charge in [0.1, 0.15) is 0 Å². The minimum Gasteiger partial charge on any atom is -0.179 e. The molecule has 0 aromatic heterocycles. The van der Waals surface area contributed by atoms with E-state index in [4.69, 9.17) is 11.6 Å². The largest absolute Gasteiger partial charge is 0.179 e. The Labute approximate surface area is 57.9 Å². The fourth-order valence-electron chi connectivity index (χ4n) is 0.383. The Morgan fingerprint density at radius 3 is 2.71 bits per heavy atom. The van der Waals surface area contributed by atoms with Gasteiger partial charge in [-0.2, -0.15) is 12.6 Å². The van der Waals surface area contributed by atoms with Gasteiger partial charge in [0.25, 0.3) is 0 Å². The van der Waals surface area contributed by atoms with Crippen LogP contribution in [0.15, 0.2) is 0 Å². The molecule has 0 bridgehead atoms. The second kappa shape index (κ2) is 6.86. The highest BCUT2D eigenvalue weighted by atomic mass is 35.5. The van der Waals surface area contributed by atoms with Gasteiger partial charge in [0.15, 0.2) is 0 Å². The molecule has 0 saturated carbocycles. The van der Waals surface area contributed by atoms with E-state index < -0.39 is 0 Å². The minimum atomic E-state index is 0.127. The van der Waals surface area contributed by atoms with Gasteiger partial charge in [-0.05, 0) is 12.2 Å². The van der Waals surface area contributed by atoms with Crippen molar-refractivity contribution in [2.75, 3.05) is 11.3 Å². The third-order valence-electron chi connectivity index (χ3n) is 0.792. The summed E-state index contributed by atoms with van der Waals surface area (Å²) in [4.78, 5) is 0. The van der Waals surface area contributed by atoms with Crippen molar-refractivity contribution in [1.82, 2.24) is 0 Å². The molecule has 0 radical (unpaired) electrons. The van der Waals surface area contributed by atoms with E-state index in [0.717, 1.165) is 11.3 Å². The van der Waals surface area contributed by atoms with E-state index in [1.54, 1.807) is 0 Å². The zero-order chi connectivity index (χ0) is 5.54. The molecule has 0 heterocycles. The molecule has 0 saturated heterocycles. The molecule has 0 spiro atoms. The Hall–Kier alpha value is 0.857. The van der Waals surface area contributed by atoms with Gasteiger partial charge in [-0.1, -0.05) is 6.04 Å². The summed E-state index contributed by atoms with van der Waals surface area (Å²) in [7, 11) is 0.127. The second-order valence-electron chi connectivity index (χ2n) is 1.47. The summed E-state index contributed by atoms with van der Waals surface area (Å²) in [5.74, 6) is 1.03. The van der Waals surface area contributed by atoms with Crippen molar-refractivity contribution >= 4 is 33.7 Å². The van der Waals surface area contributed by atoms with Crippen molar-refractivity contribution in [3.63, 3.8) is 0 Å². The lowest BCUT2D eigenvalue weighted by molar-refractivity contribution is 1.10. The van der Waals surface area contributed by atoms with E-state index in [9.17, 15) is 0 Å². The maximum atomic E-state index is 5.47. The van der Waals surface area contributed by atoms with E-state index in [0.29, 0.717) is 0 Å². The van der Waals surface area contributed by atoms with Crippen LogP contribution >= 0.6 is 24.2 Å². The molecule has 0 atom stereocenters. The number of hydrogen-bond acceptors (Lipinski definition) is 1. The Bertz CT molecular complexity index is 30.9. The SMILES string of the molecule is SCCC[SiH2]CCl. The van der Waals surface area contributed by atoms with E-state index in [1.807, 2.05) is 0 Å². The number of halogens is 1. The van der Waals surface area contributed by atoms with Crippen molar-refractivity contribution in [3.8, 4) is 0 Å². The molecule has 0 N–H and O–H groups in total. The van der Waals surface area contributed by atoms with Crippen LogP contribution in [0.4, 0.5) is 0 Å². The van der Waals surface area contributed by atoms with Crippen molar-refractivity contribution < 1.29 is 0 Å². The molecule has 0 aromatic rings. The monoisotopic (exact) mass is 154 g/mol. The van der Waals surface area contributed by atoms with Gasteiger partial charge in [0, 0.05) is 15.0 Å². The molecule has 0 amide bonds. The first-order chi connectivity index (χ1) is 3.41. The normalized spacial score (nSPS) is 11.1. The van der Waals surface area contributed by atoms with E-state index in [2.05, 4.69) is 12.6 Å². The molecule has 0 aliphatic carbocycles. The van der Waals surface area contributed by atoms with Crippen molar-refractivity contribution in [1.29, 1.82) is 0 Å². The Balaban J connectivity index is 2.45. The molecule has 7 heavy (non-hydrogen) atoms. The Morgan fingerprint density at radius 1 is 1.57 bits per heavy atom. The summed E-state index contributed by atoms with van der Waals surface area (Å²) >= 11 is 9.55.